The fraction of sp³-hybridized carbons (Fsp3) is 0. The lowest BCUT2D eigenvalue weighted by atomic mass is 9.89. The van der Waals surface area contributed by atoms with E-state index in [4.69, 9.17) is 23.8 Å². The molecule has 0 saturated carbocycles. The Morgan fingerprint density at radius 3 is 1.19 bits per heavy atom. The third kappa shape index (κ3) is 4.12. The van der Waals surface area contributed by atoms with Gasteiger partial charge in [0.2, 0.25) is 0 Å². The van der Waals surface area contributed by atoms with Crippen LogP contribution in [0.1, 0.15) is 0 Å². The number of fused-ring (bicyclic) bond motifs is 14. The molecule has 54 heavy (non-hydrogen) atoms. The van der Waals surface area contributed by atoms with Gasteiger partial charge in [-0.2, -0.15) is 0 Å². The number of benzene rings is 9. The molecule has 0 aliphatic rings. The molecule has 0 fully saturated rings. The summed E-state index contributed by atoms with van der Waals surface area (Å²) < 4.78 is 13.1. The number of aromatic nitrogens is 3. The fourth-order valence-electron chi connectivity index (χ4n) is 8.54. The van der Waals surface area contributed by atoms with E-state index in [9.17, 15) is 0 Å². The molecule has 0 N–H and O–H groups in total. The Labute approximate surface area is 307 Å². The van der Waals surface area contributed by atoms with Gasteiger partial charge in [-0.25, -0.2) is 15.0 Å². The van der Waals surface area contributed by atoms with Crippen LogP contribution in [0.4, 0.5) is 0 Å². The number of para-hydroxylation sites is 4. The summed E-state index contributed by atoms with van der Waals surface area (Å²) in [6.07, 6.45) is 0. The lowest BCUT2D eigenvalue weighted by Crippen LogP contribution is -2.01. The Morgan fingerprint density at radius 1 is 0.278 bits per heavy atom. The maximum Gasteiger partial charge on any atom is 0.167 e. The molecule has 0 radical (unpaired) electrons. The molecule has 3 heterocycles. The second-order valence-corrected chi connectivity index (χ2v) is 13.9. The molecule has 3 aromatic heterocycles. The first-order valence-electron chi connectivity index (χ1n) is 18.1. The largest absolute Gasteiger partial charge is 0.455 e. The number of hydrogen-bond acceptors (Lipinski definition) is 5. The first kappa shape index (κ1) is 29.2. The molecule has 0 spiro atoms. The highest BCUT2D eigenvalue weighted by molar-refractivity contribution is 6.33. The van der Waals surface area contributed by atoms with Gasteiger partial charge in [-0.3, -0.25) is 0 Å². The molecule has 12 rings (SSSR count). The molecule has 0 unspecified atom stereocenters. The van der Waals surface area contributed by atoms with Crippen molar-refractivity contribution >= 4 is 87.0 Å². The lowest BCUT2D eigenvalue weighted by Gasteiger charge is -2.16. The Balaban J connectivity index is 1.22. The van der Waals surface area contributed by atoms with Crippen LogP contribution in [-0.4, -0.2) is 15.0 Å². The van der Waals surface area contributed by atoms with Crippen molar-refractivity contribution in [1.82, 2.24) is 15.0 Å². The van der Waals surface area contributed by atoms with Crippen molar-refractivity contribution in [2.45, 2.75) is 0 Å². The van der Waals surface area contributed by atoms with Crippen molar-refractivity contribution in [3.63, 3.8) is 0 Å². The SMILES string of the molecule is c1ccc2c(c1)oc1c(-c3nc(-c4cc5c6ccccc6c6ccccc6c5c5ccccc45)nc(-c4cccc5c4oc4ccccc45)n3)cccc12. The van der Waals surface area contributed by atoms with E-state index in [0.29, 0.717) is 17.5 Å². The van der Waals surface area contributed by atoms with Crippen LogP contribution in [0.2, 0.25) is 0 Å². The molecular weight excluding hydrogens is 663 g/mol. The van der Waals surface area contributed by atoms with Crippen LogP contribution in [0.25, 0.3) is 121 Å². The molecule has 0 aliphatic carbocycles. The number of hydrogen-bond donors (Lipinski definition) is 0. The molecule has 0 saturated heterocycles. The Kier molecular flexibility index (Phi) is 5.99. The summed E-state index contributed by atoms with van der Waals surface area (Å²) in [5.41, 5.74) is 5.65. The highest BCUT2D eigenvalue weighted by Gasteiger charge is 2.22. The molecular formula is C49H27N3O2. The zero-order valence-electron chi connectivity index (χ0n) is 28.7. The van der Waals surface area contributed by atoms with Crippen LogP contribution in [0.15, 0.2) is 173 Å². The highest BCUT2D eigenvalue weighted by atomic mass is 16.3. The molecule has 0 aliphatic heterocycles. The van der Waals surface area contributed by atoms with Crippen molar-refractivity contribution in [3.05, 3.63) is 164 Å². The first-order valence-corrected chi connectivity index (χ1v) is 18.1. The highest BCUT2D eigenvalue weighted by Crippen LogP contribution is 2.44. The van der Waals surface area contributed by atoms with Crippen LogP contribution >= 0.6 is 0 Å². The van der Waals surface area contributed by atoms with Crippen molar-refractivity contribution < 1.29 is 8.83 Å². The van der Waals surface area contributed by atoms with Gasteiger partial charge in [-0.1, -0.05) is 133 Å². The van der Waals surface area contributed by atoms with Gasteiger partial charge < -0.3 is 8.83 Å². The Hall–Kier alpha value is -7.37. The molecule has 0 atom stereocenters. The summed E-state index contributed by atoms with van der Waals surface area (Å²) in [6.45, 7) is 0. The van der Waals surface area contributed by atoms with E-state index in [1.165, 1.54) is 26.9 Å². The second-order valence-electron chi connectivity index (χ2n) is 13.9. The van der Waals surface area contributed by atoms with E-state index in [1.807, 2.05) is 60.7 Å². The van der Waals surface area contributed by atoms with Gasteiger partial charge in [0, 0.05) is 27.1 Å². The number of rotatable bonds is 3. The van der Waals surface area contributed by atoms with E-state index in [1.54, 1.807) is 0 Å². The van der Waals surface area contributed by atoms with E-state index in [0.717, 1.165) is 76.7 Å². The van der Waals surface area contributed by atoms with Crippen molar-refractivity contribution in [2.24, 2.45) is 0 Å². The van der Waals surface area contributed by atoms with Gasteiger partial charge in [-0.05, 0) is 73.4 Å². The van der Waals surface area contributed by atoms with Crippen LogP contribution in [0.5, 0.6) is 0 Å². The Bertz CT molecular complexity index is 3390. The normalized spacial score (nSPS) is 12.1. The van der Waals surface area contributed by atoms with Gasteiger partial charge in [0.05, 0.1) is 11.1 Å². The van der Waals surface area contributed by atoms with Gasteiger partial charge >= 0.3 is 0 Å². The summed E-state index contributed by atoms with van der Waals surface area (Å²) in [5, 5.41) is 13.6. The minimum absolute atomic E-state index is 0.528. The predicted octanol–water partition coefficient (Wildman–Crippen LogP) is 13.3. The van der Waals surface area contributed by atoms with Gasteiger partial charge in [0.15, 0.2) is 17.5 Å². The number of furan rings is 2. The maximum atomic E-state index is 6.54. The predicted molar refractivity (Wildman–Crippen MR) is 221 cm³/mol. The summed E-state index contributed by atoms with van der Waals surface area (Å²) in [7, 11) is 0. The van der Waals surface area contributed by atoms with E-state index in [-0.39, 0.29) is 0 Å². The zero-order valence-corrected chi connectivity index (χ0v) is 28.7. The van der Waals surface area contributed by atoms with Crippen LogP contribution < -0.4 is 0 Å². The van der Waals surface area contributed by atoms with Gasteiger partial charge in [0.1, 0.15) is 22.3 Å². The van der Waals surface area contributed by atoms with E-state index >= 15 is 0 Å². The summed E-state index contributed by atoms with van der Waals surface area (Å²) in [6, 6.07) is 56.8. The second kappa shape index (κ2) is 11.1. The molecule has 9 aromatic carbocycles. The first-order chi connectivity index (χ1) is 26.8. The average Bonchev–Trinajstić information content (AvgIpc) is 3.82. The van der Waals surface area contributed by atoms with E-state index in [2.05, 4.69) is 103 Å². The van der Waals surface area contributed by atoms with Crippen molar-refractivity contribution in [3.8, 4) is 34.2 Å². The molecule has 12 aromatic rings. The van der Waals surface area contributed by atoms with Crippen molar-refractivity contribution in [2.75, 3.05) is 0 Å². The third-order valence-corrected chi connectivity index (χ3v) is 10.9. The maximum absolute atomic E-state index is 6.54. The van der Waals surface area contributed by atoms with E-state index < -0.39 is 0 Å². The quantitative estimate of drug-likeness (QED) is 0.173. The third-order valence-electron chi connectivity index (χ3n) is 10.9. The smallest absolute Gasteiger partial charge is 0.167 e. The molecule has 250 valence electrons. The summed E-state index contributed by atoms with van der Waals surface area (Å²) in [5.74, 6) is 1.63. The average molecular weight is 690 g/mol. The fourth-order valence-corrected chi connectivity index (χ4v) is 8.54. The topological polar surface area (TPSA) is 65.0 Å². The monoisotopic (exact) mass is 689 g/mol. The zero-order chi connectivity index (χ0) is 35.3. The van der Waals surface area contributed by atoms with Crippen molar-refractivity contribution in [1.29, 1.82) is 0 Å². The van der Waals surface area contributed by atoms with Crippen LogP contribution in [-0.2, 0) is 0 Å². The standard InChI is InChI=1S/C49H27N3O2/c1-2-15-30-28(13-1)29-14-3-5-19-34(29)44-35-20-6-4-16-31(35)41(27-40(30)44)49-51-47(38-23-11-21-36-32-17-7-9-25-42(32)53-45(36)38)50-48(52-49)39-24-12-22-37-33-18-8-10-26-43(33)54-46(37)39/h1-27H. The molecule has 5 nitrogen and oxygen atoms in total. The van der Waals surface area contributed by atoms with Gasteiger partial charge in [-0.15, -0.1) is 0 Å². The van der Waals surface area contributed by atoms with Crippen LogP contribution in [0.3, 0.4) is 0 Å². The Morgan fingerprint density at radius 2 is 0.648 bits per heavy atom. The van der Waals surface area contributed by atoms with Crippen LogP contribution in [0, 0.1) is 0 Å². The summed E-state index contributed by atoms with van der Waals surface area (Å²) in [4.78, 5) is 15.9. The minimum atomic E-state index is 0.528. The lowest BCUT2D eigenvalue weighted by molar-refractivity contribution is 0.669. The molecule has 0 amide bonds. The molecule has 5 heteroatoms. The number of nitrogens with zero attached hydrogens (tertiary/aromatic N) is 3. The summed E-state index contributed by atoms with van der Waals surface area (Å²) >= 11 is 0. The minimum Gasteiger partial charge on any atom is -0.455 e. The van der Waals surface area contributed by atoms with Gasteiger partial charge in [0.25, 0.3) is 0 Å². The molecule has 0 bridgehead atoms.